The third kappa shape index (κ3) is 2.48. The predicted octanol–water partition coefficient (Wildman–Crippen LogP) is 1.95. The highest BCUT2D eigenvalue weighted by atomic mass is 16.6. The van der Waals surface area contributed by atoms with Crippen LogP contribution in [0.5, 0.6) is 0 Å². The minimum absolute atomic E-state index is 0.0447. The molecule has 0 aliphatic rings. The zero-order valence-electron chi connectivity index (χ0n) is 10.2. The van der Waals surface area contributed by atoms with Gasteiger partial charge < -0.3 is 4.42 Å². The molecule has 0 bridgehead atoms. The van der Waals surface area contributed by atoms with Crippen molar-refractivity contribution >= 4 is 11.5 Å². The lowest BCUT2D eigenvalue weighted by molar-refractivity contribution is -0.411. The van der Waals surface area contributed by atoms with E-state index in [2.05, 4.69) is 4.98 Å². The van der Waals surface area contributed by atoms with Gasteiger partial charge in [0, 0.05) is 6.07 Å². The fraction of sp³-hybridized carbons (Fsp3) is 0.250. The number of aromatic amines is 1. The Balaban J connectivity index is 2.23. The van der Waals surface area contributed by atoms with Crippen LogP contribution in [0.2, 0.25) is 0 Å². The summed E-state index contributed by atoms with van der Waals surface area (Å²) >= 11 is 0. The molecule has 0 saturated carbocycles. The van der Waals surface area contributed by atoms with Gasteiger partial charge in [0.15, 0.2) is 0 Å². The summed E-state index contributed by atoms with van der Waals surface area (Å²) in [7, 11) is 1.77. The zero-order valence-corrected chi connectivity index (χ0v) is 10.2. The van der Waals surface area contributed by atoms with Crippen molar-refractivity contribution < 1.29 is 14.3 Å². The van der Waals surface area contributed by atoms with Crippen molar-refractivity contribution in [2.45, 2.75) is 13.5 Å². The number of nitrogens with zero attached hydrogens (tertiary/aromatic N) is 2. The molecule has 0 spiro atoms. The molecular formula is C12H14N3O3+. The van der Waals surface area contributed by atoms with E-state index in [4.69, 9.17) is 4.42 Å². The summed E-state index contributed by atoms with van der Waals surface area (Å²) in [6.45, 7) is 2.33. The van der Waals surface area contributed by atoms with Crippen LogP contribution in [0.3, 0.4) is 0 Å². The van der Waals surface area contributed by atoms with Crippen LogP contribution >= 0.6 is 0 Å². The average Bonchev–Trinajstić information content (AvgIpc) is 2.74. The summed E-state index contributed by atoms with van der Waals surface area (Å²) in [5, 5.41) is 10.9. The molecule has 18 heavy (non-hydrogen) atoms. The van der Waals surface area contributed by atoms with Crippen LogP contribution in [0.1, 0.15) is 11.5 Å². The number of pyridine rings is 1. The second-order valence-electron chi connectivity index (χ2n) is 4.03. The fourth-order valence-corrected chi connectivity index (χ4v) is 1.76. The number of nitro groups is 1. The first-order valence-electron chi connectivity index (χ1n) is 5.49. The molecule has 94 valence electrons. The normalized spacial score (nSPS) is 10.3. The topological polar surface area (TPSA) is 73.7 Å². The van der Waals surface area contributed by atoms with Crippen molar-refractivity contribution in [1.29, 1.82) is 0 Å². The molecular weight excluding hydrogens is 234 g/mol. The van der Waals surface area contributed by atoms with Crippen molar-refractivity contribution in [1.82, 2.24) is 0 Å². The highest BCUT2D eigenvalue weighted by molar-refractivity contribution is 5.52. The molecule has 0 radical (unpaired) electrons. The van der Waals surface area contributed by atoms with E-state index in [0.717, 1.165) is 11.5 Å². The summed E-state index contributed by atoms with van der Waals surface area (Å²) in [4.78, 5) is 15.1. The SMILES string of the molecule is Cc1ccc(CN(C)c2[nH+]cccc2[N+](=O)[O-])o1. The molecule has 2 aromatic heterocycles. The van der Waals surface area contributed by atoms with Crippen LogP contribution in [-0.2, 0) is 6.54 Å². The van der Waals surface area contributed by atoms with Gasteiger partial charge in [0.2, 0.25) is 0 Å². The Hall–Kier alpha value is -2.37. The van der Waals surface area contributed by atoms with Gasteiger partial charge >= 0.3 is 11.5 Å². The Labute approximate surface area is 104 Å². The highest BCUT2D eigenvalue weighted by Crippen LogP contribution is 2.22. The van der Waals surface area contributed by atoms with Crippen molar-refractivity contribution in [2.24, 2.45) is 0 Å². The van der Waals surface area contributed by atoms with E-state index >= 15 is 0 Å². The Morgan fingerprint density at radius 1 is 1.44 bits per heavy atom. The van der Waals surface area contributed by atoms with E-state index < -0.39 is 4.92 Å². The maximum Gasteiger partial charge on any atom is 0.357 e. The summed E-state index contributed by atoms with van der Waals surface area (Å²) in [5.74, 6) is 2.04. The van der Waals surface area contributed by atoms with Crippen LogP contribution in [0.4, 0.5) is 11.5 Å². The first-order chi connectivity index (χ1) is 8.58. The molecule has 0 aliphatic carbocycles. The summed E-state index contributed by atoms with van der Waals surface area (Å²) in [6, 6.07) is 6.80. The lowest BCUT2D eigenvalue weighted by Crippen LogP contribution is -2.25. The summed E-state index contributed by atoms with van der Waals surface area (Å²) in [6.07, 6.45) is 1.66. The number of hydrogen-bond donors (Lipinski definition) is 0. The lowest BCUT2D eigenvalue weighted by atomic mass is 10.3. The standard InChI is InChI=1S/C12H13N3O3/c1-9-5-6-10(18-9)8-14(2)12-11(15(16)17)4-3-7-13-12/h3-7H,8H2,1-2H3/p+1. The van der Waals surface area contributed by atoms with Gasteiger partial charge in [-0.1, -0.05) is 0 Å². The van der Waals surface area contributed by atoms with Crippen molar-refractivity contribution in [3.8, 4) is 0 Å². The molecule has 6 heteroatoms. The molecule has 0 amide bonds. The minimum atomic E-state index is -0.407. The van der Waals surface area contributed by atoms with Gasteiger partial charge in [-0.15, -0.1) is 0 Å². The maximum absolute atomic E-state index is 10.9. The molecule has 0 atom stereocenters. The van der Waals surface area contributed by atoms with E-state index in [1.54, 1.807) is 24.2 Å². The van der Waals surface area contributed by atoms with Gasteiger partial charge in [-0.2, -0.15) is 0 Å². The number of aryl methyl sites for hydroxylation is 1. The largest absolute Gasteiger partial charge is 0.462 e. The Bertz CT molecular complexity index is 565. The third-order valence-electron chi connectivity index (χ3n) is 2.58. The second-order valence-corrected chi connectivity index (χ2v) is 4.03. The first-order valence-corrected chi connectivity index (χ1v) is 5.49. The van der Waals surface area contributed by atoms with Crippen LogP contribution in [0.25, 0.3) is 0 Å². The molecule has 2 rings (SSSR count). The number of rotatable bonds is 4. The molecule has 2 aromatic rings. The minimum Gasteiger partial charge on any atom is -0.462 e. The number of anilines is 1. The van der Waals surface area contributed by atoms with Crippen LogP contribution < -0.4 is 9.88 Å². The van der Waals surface area contributed by atoms with Gasteiger partial charge in [-0.05, 0) is 25.1 Å². The van der Waals surface area contributed by atoms with Gasteiger partial charge in [0.25, 0.3) is 0 Å². The van der Waals surface area contributed by atoms with Crippen molar-refractivity contribution in [2.75, 3.05) is 11.9 Å². The van der Waals surface area contributed by atoms with E-state index in [1.807, 2.05) is 19.1 Å². The smallest absolute Gasteiger partial charge is 0.357 e. The van der Waals surface area contributed by atoms with E-state index in [9.17, 15) is 10.1 Å². The molecule has 0 saturated heterocycles. The van der Waals surface area contributed by atoms with Crippen LogP contribution in [0.15, 0.2) is 34.9 Å². The number of H-pyrrole nitrogens is 1. The molecule has 0 aromatic carbocycles. The summed E-state index contributed by atoms with van der Waals surface area (Å²) < 4.78 is 5.45. The van der Waals surface area contributed by atoms with Gasteiger partial charge in [-0.3, -0.25) is 15.0 Å². The Kier molecular flexibility index (Phi) is 3.27. The second kappa shape index (κ2) is 4.87. The number of aromatic nitrogens is 1. The molecule has 2 heterocycles. The van der Waals surface area contributed by atoms with Crippen molar-refractivity contribution in [3.63, 3.8) is 0 Å². The third-order valence-corrected chi connectivity index (χ3v) is 2.58. The van der Waals surface area contributed by atoms with Crippen LogP contribution in [0, 0.1) is 17.0 Å². The maximum atomic E-state index is 10.9. The van der Waals surface area contributed by atoms with E-state index in [1.165, 1.54) is 6.07 Å². The molecule has 0 aliphatic heterocycles. The van der Waals surface area contributed by atoms with E-state index in [0.29, 0.717) is 12.4 Å². The quantitative estimate of drug-likeness (QED) is 0.612. The predicted molar refractivity (Wildman–Crippen MR) is 65.2 cm³/mol. The number of nitrogens with one attached hydrogen (secondary N) is 1. The average molecular weight is 248 g/mol. The van der Waals surface area contributed by atoms with Crippen LogP contribution in [-0.4, -0.2) is 12.0 Å². The Morgan fingerprint density at radius 3 is 2.83 bits per heavy atom. The molecule has 0 fully saturated rings. The summed E-state index contributed by atoms with van der Waals surface area (Å²) in [5.41, 5.74) is 0.0447. The first kappa shape index (κ1) is 12.1. The van der Waals surface area contributed by atoms with Crippen molar-refractivity contribution in [3.05, 3.63) is 52.1 Å². The zero-order chi connectivity index (χ0) is 13.1. The number of hydrogen-bond acceptors (Lipinski definition) is 4. The van der Waals surface area contributed by atoms with Gasteiger partial charge in [-0.25, -0.2) is 4.98 Å². The van der Waals surface area contributed by atoms with Gasteiger partial charge in [0.05, 0.1) is 18.2 Å². The fourth-order valence-electron chi connectivity index (χ4n) is 1.76. The van der Waals surface area contributed by atoms with E-state index in [-0.39, 0.29) is 5.69 Å². The van der Waals surface area contributed by atoms with Gasteiger partial charge in [0.1, 0.15) is 18.1 Å². The monoisotopic (exact) mass is 248 g/mol. The Morgan fingerprint density at radius 2 is 2.22 bits per heavy atom. The lowest BCUT2D eigenvalue weighted by Gasteiger charge is -2.08. The molecule has 1 N–H and O–H groups in total. The number of furan rings is 1. The highest BCUT2D eigenvalue weighted by Gasteiger charge is 2.25. The molecule has 0 unspecified atom stereocenters. The molecule has 6 nitrogen and oxygen atoms in total.